The maximum atomic E-state index is 11.8. The van der Waals surface area contributed by atoms with Crippen molar-refractivity contribution in [3.63, 3.8) is 0 Å². The van der Waals surface area contributed by atoms with Gasteiger partial charge in [0.1, 0.15) is 0 Å². The predicted molar refractivity (Wildman–Crippen MR) is 69.4 cm³/mol. The standard InChI is InChI=1S/C12H11N3O2S/c16-6-2-1-3-10-4-5-11(18-10)12(17)15-9-7-13-14-8-9/h4-5,7-8,16H,2,6H2,(H,13,14)(H,15,17). The zero-order valence-electron chi connectivity index (χ0n) is 9.43. The molecule has 0 bridgehead atoms. The molecule has 2 aromatic rings. The molecule has 6 heteroatoms. The highest BCUT2D eigenvalue weighted by Crippen LogP contribution is 2.17. The van der Waals surface area contributed by atoms with Crippen LogP contribution >= 0.6 is 11.3 Å². The van der Waals surface area contributed by atoms with Gasteiger partial charge in [-0.1, -0.05) is 11.8 Å². The average Bonchev–Trinajstić information content (AvgIpc) is 3.00. The molecular weight excluding hydrogens is 250 g/mol. The minimum Gasteiger partial charge on any atom is -0.395 e. The van der Waals surface area contributed by atoms with Gasteiger partial charge in [-0.15, -0.1) is 11.3 Å². The number of carbonyl (C=O) groups excluding carboxylic acids is 1. The number of aliphatic hydroxyl groups excluding tert-OH is 1. The van der Waals surface area contributed by atoms with Gasteiger partial charge in [-0.2, -0.15) is 5.10 Å². The predicted octanol–water partition coefficient (Wildman–Crippen LogP) is 1.46. The van der Waals surface area contributed by atoms with Crippen LogP contribution in [-0.2, 0) is 0 Å². The van der Waals surface area contributed by atoms with Gasteiger partial charge in [-0.05, 0) is 12.1 Å². The average molecular weight is 261 g/mol. The highest BCUT2D eigenvalue weighted by molar-refractivity contribution is 7.14. The molecule has 0 radical (unpaired) electrons. The molecule has 2 aromatic heterocycles. The summed E-state index contributed by atoms with van der Waals surface area (Å²) >= 11 is 1.32. The third-order valence-corrected chi connectivity index (χ3v) is 3.03. The number of aromatic nitrogens is 2. The molecule has 0 unspecified atom stereocenters. The summed E-state index contributed by atoms with van der Waals surface area (Å²) in [6.45, 7) is 0.0478. The fraction of sp³-hybridized carbons (Fsp3) is 0.167. The van der Waals surface area contributed by atoms with Gasteiger partial charge >= 0.3 is 0 Å². The maximum absolute atomic E-state index is 11.8. The molecule has 0 fully saturated rings. The molecule has 0 aliphatic heterocycles. The first-order valence-corrected chi connectivity index (χ1v) is 6.11. The second kappa shape index (κ2) is 6.00. The van der Waals surface area contributed by atoms with Crippen molar-refractivity contribution in [1.29, 1.82) is 0 Å². The van der Waals surface area contributed by atoms with Crippen LogP contribution in [0.25, 0.3) is 0 Å². The van der Waals surface area contributed by atoms with Crippen LogP contribution in [0.4, 0.5) is 5.69 Å². The molecule has 0 atom stereocenters. The number of H-pyrrole nitrogens is 1. The van der Waals surface area contributed by atoms with Crippen LogP contribution in [0.3, 0.4) is 0 Å². The van der Waals surface area contributed by atoms with E-state index in [9.17, 15) is 4.79 Å². The first-order valence-electron chi connectivity index (χ1n) is 5.29. The molecule has 3 N–H and O–H groups in total. The maximum Gasteiger partial charge on any atom is 0.265 e. The van der Waals surface area contributed by atoms with E-state index in [1.807, 2.05) is 0 Å². The van der Waals surface area contributed by atoms with Gasteiger partial charge in [0, 0.05) is 12.6 Å². The Morgan fingerprint density at radius 2 is 2.44 bits per heavy atom. The van der Waals surface area contributed by atoms with E-state index in [1.165, 1.54) is 17.5 Å². The van der Waals surface area contributed by atoms with Crippen LogP contribution in [0, 0.1) is 11.8 Å². The van der Waals surface area contributed by atoms with Crippen LogP contribution in [0.2, 0.25) is 0 Å². The zero-order chi connectivity index (χ0) is 12.8. The van der Waals surface area contributed by atoms with Crippen LogP contribution in [0.5, 0.6) is 0 Å². The number of anilines is 1. The van der Waals surface area contributed by atoms with Crippen LogP contribution in [0.15, 0.2) is 24.5 Å². The summed E-state index contributed by atoms with van der Waals surface area (Å²) in [4.78, 5) is 13.2. The van der Waals surface area contributed by atoms with Crippen LogP contribution in [-0.4, -0.2) is 27.8 Å². The number of aliphatic hydroxyl groups is 1. The minimum absolute atomic E-state index is 0.0478. The lowest BCUT2D eigenvalue weighted by molar-refractivity contribution is 0.103. The van der Waals surface area contributed by atoms with Gasteiger partial charge in [0.25, 0.3) is 5.91 Å². The van der Waals surface area contributed by atoms with Gasteiger partial charge in [-0.3, -0.25) is 9.89 Å². The summed E-state index contributed by atoms with van der Waals surface area (Å²) in [6, 6.07) is 3.52. The highest BCUT2D eigenvalue weighted by atomic mass is 32.1. The summed E-state index contributed by atoms with van der Waals surface area (Å²) in [5, 5.41) is 17.7. The second-order valence-electron chi connectivity index (χ2n) is 3.38. The summed E-state index contributed by atoms with van der Waals surface area (Å²) in [5.41, 5.74) is 0.626. The number of hydrogen-bond donors (Lipinski definition) is 3. The fourth-order valence-corrected chi connectivity index (χ4v) is 2.02. The van der Waals surface area contributed by atoms with Crippen LogP contribution in [0.1, 0.15) is 21.0 Å². The molecule has 2 rings (SSSR count). The van der Waals surface area contributed by atoms with Crippen molar-refractivity contribution in [1.82, 2.24) is 10.2 Å². The van der Waals surface area contributed by atoms with Crippen molar-refractivity contribution in [3.05, 3.63) is 34.3 Å². The number of amides is 1. The molecule has 0 aliphatic rings. The molecule has 18 heavy (non-hydrogen) atoms. The quantitative estimate of drug-likeness (QED) is 0.732. The van der Waals surface area contributed by atoms with Gasteiger partial charge < -0.3 is 10.4 Å². The van der Waals surface area contributed by atoms with Crippen molar-refractivity contribution in [2.24, 2.45) is 0 Å². The Bertz CT molecular complexity index is 578. The summed E-state index contributed by atoms with van der Waals surface area (Å²) < 4.78 is 0. The summed E-state index contributed by atoms with van der Waals surface area (Å²) in [6.07, 6.45) is 3.58. The Morgan fingerprint density at radius 1 is 1.56 bits per heavy atom. The van der Waals surface area contributed by atoms with E-state index in [1.54, 1.807) is 18.3 Å². The van der Waals surface area contributed by atoms with E-state index in [2.05, 4.69) is 27.4 Å². The molecule has 0 spiro atoms. The number of aromatic amines is 1. The number of rotatable bonds is 3. The Hall–Kier alpha value is -2.10. The third-order valence-electron chi connectivity index (χ3n) is 2.03. The van der Waals surface area contributed by atoms with E-state index in [-0.39, 0.29) is 12.5 Å². The monoisotopic (exact) mass is 261 g/mol. The van der Waals surface area contributed by atoms with Crippen molar-refractivity contribution in [2.45, 2.75) is 6.42 Å². The lowest BCUT2D eigenvalue weighted by atomic mass is 10.4. The topological polar surface area (TPSA) is 78.0 Å². The first kappa shape index (κ1) is 12.4. The zero-order valence-corrected chi connectivity index (χ0v) is 10.3. The van der Waals surface area contributed by atoms with Crippen LogP contribution < -0.4 is 5.32 Å². The van der Waals surface area contributed by atoms with E-state index in [0.717, 1.165) is 4.88 Å². The van der Waals surface area contributed by atoms with E-state index in [0.29, 0.717) is 17.0 Å². The molecular formula is C12H11N3O2S. The Balaban J connectivity index is 2.02. The number of carbonyl (C=O) groups is 1. The molecule has 1 amide bonds. The van der Waals surface area contributed by atoms with E-state index < -0.39 is 0 Å². The smallest absolute Gasteiger partial charge is 0.265 e. The van der Waals surface area contributed by atoms with Gasteiger partial charge in [0.15, 0.2) is 0 Å². The largest absolute Gasteiger partial charge is 0.395 e. The number of thiophene rings is 1. The number of hydrogen-bond acceptors (Lipinski definition) is 4. The summed E-state index contributed by atoms with van der Waals surface area (Å²) in [7, 11) is 0. The molecule has 0 saturated carbocycles. The molecule has 0 saturated heterocycles. The van der Waals surface area contributed by atoms with Gasteiger partial charge in [-0.25, -0.2) is 0 Å². The SMILES string of the molecule is O=C(Nc1cn[nH]c1)c1ccc(C#CCCO)s1. The third kappa shape index (κ3) is 3.20. The van der Waals surface area contributed by atoms with E-state index >= 15 is 0 Å². The lowest BCUT2D eigenvalue weighted by Crippen LogP contribution is -2.09. The Morgan fingerprint density at radius 3 is 3.17 bits per heavy atom. The fourth-order valence-electron chi connectivity index (χ4n) is 1.24. The minimum atomic E-state index is -0.184. The second-order valence-corrected chi connectivity index (χ2v) is 4.46. The normalized spacial score (nSPS) is 9.61. The molecule has 5 nitrogen and oxygen atoms in total. The number of nitrogens with zero attached hydrogens (tertiary/aromatic N) is 1. The highest BCUT2D eigenvalue weighted by Gasteiger charge is 2.09. The molecule has 92 valence electrons. The molecule has 2 heterocycles. The van der Waals surface area contributed by atoms with Gasteiger partial charge in [0.05, 0.1) is 28.2 Å². The Labute approximate surface area is 108 Å². The van der Waals surface area contributed by atoms with Crippen molar-refractivity contribution < 1.29 is 9.90 Å². The van der Waals surface area contributed by atoms with Gasteiger partial charge in [0.2, 0.25) is 0 Å². The van der Waals surface area contributed by atoms with Crippen molar-refractivity contribution in [2.75, 3.05) is 11.9 Å². The molecule has 0 aromatic carbocycles. The Kier molecular flexibility index (Phi) is 4.12. The van der Waals surface area contributed by atoms with E-state index in [4.69, 9.17) is 5.11 Å². The van der Waals surface area contributed by atoms with Crippen molar-refractivity contribution in [3.8, 4) is 11.8 Å². The number of nitrogens with one attached hydrogen (secondary N) is 2. The van der Waals surface area contributed by atoms with Crippen molar-refractivity contribution >= 4 is 22.9 Å². The summed E-state index contributed by atoms with van der Waals surface area (Å²) in [5.74, 6) is 5.52. The first-order chi connectivity index (χ1) is 8.79. The molecule has 0 aliphatic carbocycles. The lowest BCUT2D eigenvalue weighted by Gasteiger charge is -1.97.